The van der Waals surface area contributed by atoms with E-state index >= 15 is 4.39 Å². The molecule has 1 fully saturated rings. The summed E-state index contributed by atoms with van der Waals surface area (Å²) >= 11 is 0. The molecular weight excluding hydrogens is 590 g/mol. The van der Waals surface area contributed by atoms with Gasteiger partial charge in [-0.05, 0) is 66.2 Å². The van der Waals surface area contributed by atoms with E-state index < -0.39 is 18.4 Å². The Kier molecular flexibility index (Phi) is 9.89. The van der Waals surface area contributed by atoms with Gasteiger partial charge in [-0.3, -0.25) is 9.29 Å². The number of methoxy groups -OCH3 is 1. The molecule has 244 valence electrons. The van der Waals surface area contributed by atoms with Crippen LogP contribution in [0, 0.1) is 0 Å². The van der Waals surface area contributed by atoms with Crippen molar-refractivity contribution in [1.29, 1.82) is 0 Å². The van der Waals surface area contributed by atoms with Crippen LogP contribution in [0.5, 0.6) is 11.5 Å². The summed E-state index contributed by atoms with van der Waals surface area (Å²) in [6.07, 6.45) is 1.37. The Morgan fingerprint density at radius 3 is 2.59 bits per heavy atom. The number of benzene rings is 3. The zero-order valence-electron chi connectivity index (χ0n) is 26.6. The number of hydrogen-bond acceptors (Lipinski definition) is 6. The van der Waals surface area contributed by atoms with Crippen molar-refractivity contribution >= 4 is 11.7 Å². The average Bonchev–Trinajstić information content (AvgIpc) is 3.43. The fourth-order valence-electron chi connectivity index (χ4n) is 6.82. The number of nitrogens with zero attached hydrogens (tertiary/aromatic N) is 2. The summed E-state index contributed by atoms with van der Waals surface area (Å²) in [6, 6.07) is 23.7. The molecule has 3 aromatic rings. The molecule has 6 rings (SSSR count). The Morgan fingerprint density at radius 2 is 1.85 bits per heavy atom. The summed E-state index contributed by atoms with van der Waals surface area (Å²) in [7, 11) is 1.63. The maximum Gasteiger partial charge on any atom is 0.410 e. The molecule has 3 aliphatic rings. The monoisotopic (exact) mass is 632 g/mol. The first kappa shape index (κ1) is 32.0. The molecule has 9 heteroatoms. The van der Waals surface area contributed by atoms with E-state index in [0.717, 1.165) is 24.0 Å². The zero-order valence-corrected chi connectivity index (χ0v) is 26.6. The van der Waals surface area contributed by atoms with E-state index in [1.54, 1.807) is 7.11 Å². The Hall–Kier alpha value is -3.95. The molecule has 0 unspecified atom stereocenters. The molecule has 0 spiro atoms. The van der Waals surface area contributed by atoms with Crippen LogP contribution in [0.1, 0.15) is 48.1 Å². The minimum Gasteiger partial charge on any atom is -0.496 e. The molecule has 1 saturated heterocycles. The lowest BCUT2D eigenvalue weighted by molar-refractivity contribution is -0.147. The highest BCUT2D eigenvalue weighted by Crippen LogP contribution is 2.51. The minimum atomic E-state index is -1.37. The number of carbonyl (C=O) groups is 1. The number of halogens is 2. The molecule has 2 heterocycles. The van der Waals surface area contributed by atoms with Crippen LogP contribution in [0.2, 0.25) is 0 Å². The topological polar surface area (TPSA) is 60.5 Å². The number of ether oxygens (including phenoxy) is 4. The molecule has 0 bridgehead atoms. The number of alkyl halides is 2. The number of hydrogen-bond donors (Lipinski definition) is 0. The van der Waals surface area contributed by atoms with Crippen LogP contribution in [0.3, 0.4) is 0 Å². The largest absolute Gasteiger partial charge is 0.496 e. The molecule has 0 radical (unpaired) electrons. The van der Waals surface area contributed by atoms with Gasteiger partial charge in [-0.2, -0.15) is 0 Å². The average molecular weight is 633 g/mol. The lowest BCUT2D eigenvalue weighted by atomic mass is 9.83. The van der Waals surface area contributed by atoms with Crippen LogP contribution in [-0.2, 0) is 22.5 Å². The van der Waals surface area contributed by atoms with E-state index in [1.165, 1.54) is 27.2 Å². The fourth-order valence-corrected chi connectivity index (χ4v) is 6.82. The molecule has 0 N–H and O–H groups in total. The first-order valence-electron chi connectivity index (χ1n) is 16.0. The third kappa shape index (κ3) is 6.90. The summed E-state index contributed by atoms with van der Waals surface area (Å²) in [6.45, 7) is 2.94. The molecule has 1 aliphatic carbocycles. The van der Waals surface area contributed by atoms with Gasteiger partial charge in [0.15, 0.2) is 5.67 Å². The summed E-state index contributed by atoms with van der Waals surface area (Å²) in [5.74, 6) is 1.23. The van der Waals surface area contributed by atoms with Gasteiger partial charge in [0.05, 0.1) is 39.6 Å². The molecule has 46 heavy (non-hydrogen) atoms. The molecule has 7 nitrogen and oxygen atoms in total. The summed E-state index contributed by atoms with van der Waals surface area (Å²) in [5, 5.41) is 0. The van der Waals surface area contributed by atoms with Gasteiger partial charge in [0.1, 0.15) is 24.7 Å². The Morgan fingerprint density at radius 1 is 1.07 bits per heavy atom. The molecule has 2 aliphatic heterocycles. The van der Waals surface area contributed by atoms with Gasteiger partial charge in [-0.1, -0.05) is 54.6 Å². The van der Waals surface area contributed by atoms with Gasteiger partial charge in [0, 0.05) is 30.8 Å². The third-order valence-electron chi connectivity index (χ3n) is 9.18. The van der Waals surface area contributed by atoms with Gasteiger partial charge in [-0.15, -0.1) is 0 Å². The predicted molar refractivity (Wildman–Crippen MR) is 173 cm³/mol. The van der Waals surface area contributed by atoms with Gasteiger partial charge in [0.25, 0.3) is 0 Å². The van der Waals surface area contributed by atoms with Gasteiger partial charge in [0.2, 0.25) is 0 Å². The molecule has 3 aromatic carbocycles. The van der Waals surface area contributed by atoms with Crippen LogP contribution in [0.4, 0.5) is 13.6 Å². The highest BCUT2D eigenvalue weighted by atomic mass is 19.1. The van der Waals surface area contributed by atoms with E-state index in [-0.39, 0.29) is 64.6 Å². The van der Waals surface area contributed by atoms with Crippen molar-refractivity contribution in [3.8, 4) is 11.5 Å². The van der Waals surface area contributed by atoms with Crippen molar-refractivity contribution in [1.82, 2.24) is 9.80 Å². The maximum atomic E-state index is 15.6. The van der Waals surface area contributed by atoms with Crippen molar-refractivity contribution in [3.63, 3.8) is 0 Å². The number of fused-ring (bicyclic) bond motifs is 2. The van der Waals surface area contributed by atoms with Crippen molar-refractivity contribution in [2.24, 2.45) is 0 Å². The van der Waals surface area contributed by atoms with Crippen LogP contribution < -0.4 is 9.47 Å². The number of carbonyl (C=O) groups excluding carboxylic acids is 1. The van der Waals surface area contributed by atoms with Crippen molar-refractivity contribution < 1.29 is 32.5 Å². The van der Waals surface area contributed by atoms with Crippen LogP contribution >= 0.6 is 0 Å². The van der Waals surface area contributed by atoms with E-state index in [9.17, 15) is 9.18 Å². The van der Waals surface area contributed by atoms with Gasteiger partial charge >= 0.3 is 6.09 Å². The zero-order chi connectivity index (χ0) is 32.1. The maximum absolute atomic E-state index is 15.6. The van der Waals surface area contributed by atoms with Crippen molar-refractivity contribution in [3.05, 3.63) is 101 Å². The highest BCUT2D eigenvalue weighted by molar-refractivity contribution is 5.79. The van der Waals surface area contributed by atoms with Crippen LogP contribution in [0.25, 0.3) is 5.57 Å². The number of rotatable bonds is 13. The summed E-state index contributed by atoms with van der Waals surface area (Å²) < 4.78 is 51.4. The predicted octanol–water partition coefficient (Wildman–Crippen LogP) is 6.96. The molecular formula is C37H42F2N2O5. The second-order valence-electron chi connectivity index (χ2n) is 12.4. The Labute approximate surface area is 269 Å². The van der Waals surface area contributed by atoms with Crippen molar-refractivity contribution in [2.45, 2.75) is 50.5 Å². The first-order valence-corrected chi connectivity index (χ1v) is 16.0. The summed E-state index contributed by atoms with van der Waals surface area (Å²) in [4.78, 5) is 16.5. The SMILES string of the molecule is COc1cc(OCCN(CCCF)C(=O)OCc2ccccc2)ccc1[C@@H]1C2=C(C[C@@H](C)N1CC1(F)COC1)c1ccccc1C2. The summed E-state index contributed by atoms with van der Waals surface area (Å²) in [5.41, 5.74) is 5.68. The van der Waals surface area contributed by atoms with E-state index in [2.05, 4.69) is 36.1 Å². The second kappa shape index (κ2) is 14.2. The molecule has 2 atom stereocenters. The fraction of sp³-hybridized carbons (Fsp3) is 0.432. The smallest absolute Gasteiger partial charge is 0.410 e. The van der Waals surface area contributed by atoms with E-state index in [0.29, 0.717) is 11.5 Å². The lowest BCUT2D eigenvalue weighted by Crippen LogP contribution is -2.57. The van der Waals surface area contributed by atoms with Gasteiger partial charge in [-0.25, -0.2) is 9.18 Å². The van der Waals surface area contributed by atoms with E-state index in [1.807, 2.05) is 48.5 Å². The van der Waals surface area contributed by atoms with Crippen LogP contribution in [0.15, 0.2) is 78.4 Å². The molecule has 0 aromatic heterocycles. The standard InChI is InChI=1S/C37H42F2N2O5/c1-26-19-32-30-12-7-6-11-28(30)20-33(32)35(41(26)23-37(39)24-44-25-37)31-14-13-29(21-34(31)43-2)45-18-17-40(16-8-15-38)36(42)46-22-27-9-4-3-5-10-27/h3-7,9-14,21,26,35H,8,15-20,22-25H2,1-2H3/t26-,35-/m1/s1. The minimum absolute atomic E-state index is 0.112. The molecule has 1 amide bonds. The van der Waals surface area contributed by atoms with Gasteiger partial charge < -0.3 is 23.8 Å². The molecule has 0 saturated carbocycles. The van der Waals surface area contributed by atoms with Crippen LogP contribution in [-0.4, -0.2) is 80.8 Å². The second-order valence-corrected chi connectivity index (χ2v) is 12.4. The number of amides is 1. The Balaban J connectivity index is 1.19. The van der Waals surface area contributed by atoms with E-state index in [4.69, 9.17) is 18.9 Å². The Bertz CT molecular complexity index is 1540. The first-order chi connectivity index (χ1) is 22.4. The normalized spacial score (nSPS) is 20.0. The highest BCUT2D eigenvalue weighted by Gasteiger charge is 2.47. The van der Waals surface area contributed by atoms with Crippen molar-refractivity contribution in [2.75, 3.05) is 53.2 Å². The third-order valence-corrected chi connectivity index (χ3v) is 9.18. The quantitative estimate of drug-likeness (QED) is 0.203. The lowest BCUT2D eigenvalue weighted by Gasteiger charge is -2.47.